The van der Waals surface area contributed by atoms with Crippen LogP contribution in [0.25, 0.3) is 0 Å². The first kappa shape index (κ1) is 22.8. The van der Waals surface area contributed by atoms with E-state index >= 15 is 0 Å². The van der Waals surface area contributed by atoms with Gasteiger partial charge >= 0.3 is 0 Å². The van der Waals surface area contributed by atoms with Gasteiger partial charge in [-0.2, -0.15) is 10.2 Å². The number of H-pyrrole nitrogens is 1. The number of carbonyl (C=O) groups is 1. The average molecular weight is 492 g/mol. The number of fused-ring (bicyclic) bond motifs is 2. The van der Waals surface area contributed by atoms with E-state index in [0.717, 1.165) is 23.8 Å². The van der Waals surface area contributed by atoms with E-state index in [1.807, 2.05) is 0 Å². The highest BCUT2D eigenvalue weighted by Crippen LogP contribution is 2.40. The molecular weight excluding hydrogens is 475 g/mol. The number of nitrogens with zero attached hydrogens (tertiary/aromatic N) is 3. The summed E-state index contributed by atoms with van der Waals surface area (Å²) >= 11 is 0. The number of nitrogens with one attached hydrogen (secondary N) is 3. The van der Waals surface area contributed by atoms with Gasteiger partial charge in [-0.1, -0.05) is 6.07 Å². The van der Waals surface area contributed by atoms with Crippen molar-refractivity contribution in [3.05, 3.63) is 79.4 Å². The first-order chi connectivity index (χ1) is 17.4. The van der Waals surface area contributed by atoms with Crippen molar-refractivity contribution < 1.29 is 23.6 Å². The lowest BCUT2D eigenvalue weighted by atomic mass is 9.79. The van der Waals surface area contributed by atoms with Crippen LogP contribution < -0.4 is 25.7 Å². The third kappa shape index (κ3) is 4.05. The van der Waals surface area contributed by atoms with E-state index in [1.165, 1.54) is 0 Å². The summed E-state index contributed by atoms with van der Waals surface area (Å²) in [5.41, 5.74) is -0.884. The molecule has 0 saturated carbocycles. The van der Waals surface area contributed by atoms with E-state index in [1.54, 1.807) is 24.3 Å². The van der Waals surface area contributed by atoms with Crippen molar-refractivity contribution in [3.8, 4) is 17.6 Å². The van der Waals surface area contributed by atoms with Crippen LogP contribution >= 0.6 is 0 Å². The summed E-state index contributed by atoms with van der Waals surface area (Å²) in [6.07, 6.45) is 0. The number of anilines is 2. The molecule has 13 heteroatoms. The fourth-order valence-electron chi connectivity index (χ4n) is 4.20. The molecule has 2 aliphatic heterocycles. The Morgan fingerprint density at radius 3 is 2.72 bits per heavy atom. The third-order valence-electron chi connectivity index (χ3n) is 5.85. The molecular formula is C23H17FN6O6. The zero-order chi connectivity index (χ0) is 25.4. The van der Waals surface area contributed by atoms with Crippen LogP contribution in [0.1, 0.15) is 22.6 Å². The monoisotopic (exact) mass is 492 g/mol. The molecule has 3 heterocycles. The van der Waals surface area contributed by atoms with Crippen LogP contribution in [0, 0.1) is 33.2 Å². The number of carbonyl (C=O) groups excluding carboxylic acids is 1. The summed E-state index contributed by atoms with van der Waals surface area (Å²) in [5.74, 6) is -3.55. The van der Waals surface area contributed by atoms with E-state index in [2.05, 4.69) is 20.6 Å². The molecule has 3 N–H and O–H groups in total. The number of aromatic amines is 1. The highest BCUT2D eigenvalue weighted by atomic mass is 19.1. The summed E-state index contributed by atoms with van der Waals surface area (Å²) in [4.78, 5) is 43.0. The van der Waals surface area contributed by atoms with E-state index in [0.29, 0.717) is 24.7 Å². The molecule has 1 aromatic heterocycles. The van der Waals surface area contributed by atoms with E-state index in [9.17, 15) is 29.4 Å². The van der Waals surface area contributed by atoms with Crippen LogP contribution in [0.15, 0.2) is 41.2 Å². The second-order valence-corrected chi connectivity index (χ2v) is 8.04. The molecule has 2 aliphatic rings. The molecule has 0 saturated heterocycles. The van der Waals surface area contributed by atoms with Gasteiger partial charge in [0.1, 0.15) is 30.8 Å². The quantitative estimate of drug-likeness (QED) is 0.357. The minimum absolute atomic E-state index is 0.0163. The molecule has 0 bridgehead atoms. The Hall–Kier alpha value is -4.99. The van der Waals surface area contributed by atoms with E-state index < -0.39 is 39.7 Å². The molecule has 1 amide bonds. The normalized spacial score (nSPS) is 17.9. The highest BCUT2D eigenvalue weighted by Gasteiger charge is 2.42. The number of nitro groups is 1. The zero-order valence-corrected chi connectivity index (χ0v) is 18.4. The number of rotatable bonds is 5. The van der Waals surface area contributed by atoms with Gasteiger partial charge in [0.25, 0.3) is 11.2 Å². The van der Waals surface area contributed by atoms with Gasteiger partial charge in [-0.15, -0.1) is 0 Å². The van der Waals surface area contributed by atoms with Crippen LogP contribution in [0.4, 0.5) is 21.8 Å². The second kappa shape index (κ2) is 8.99. The Bertz CT molecular complexity index is 1500. The Kier molecular flexibility index (Phi) is 5.69. The minimum Gasteiger partial charge on any atom is -0.486 e. The van der Waals surface area contributed by atoms with Crippen molar-refractivity contribution in [2.45, 2.75) is 12.5 Å². The number of halogens is 1. The minimum atomic E-state index is -1.51. The Balaban J connectivity index is 1.50. The number of ether oxygens (including phenoxy) is 2. The molecule has 5 rings (SSSR count). The Labute approximate surface area is 201 Å². The Morgan fingerprint density at radius 2 is 1.97 bits per heavy atom. The number of hydrogen-bond acceptors (Lipinski definition) is 9. The molecule has 0 fully saturated rings. The summed E-state index contributed by atoms with van der Waals surface area (Å²) in [5, 5.41) is 26.2. The third-order valence-corrected chi connectivity index (χ3v) is 5.85. The van der Waals surface area contributed by atoms with Gasteiger partial charge in [0.05, 0.1) is 16.6 Å². The summed E-state index contributed by atoms with van der Waals surface area (Å²) in [6, 6.07) is 9.84. The van der Waals surface area contributed by atoms with Crippen LogP contribution in [-0.4, -0.2) is 34.0 Å². The van der Waals surface area contributed by atoms with Crippen LogP contribution in [-0.2, 0) is 11.3 Å². The van der Waals surface area contributed by atoms with E-state index in [4.69, 9.17) is 9.47 Å². The van der Waals surface area contributed by atoms with Gasteiger partial charge in [-0.25, -0.2) is 4.39 Å². The number of benzene rings is 2. The van der Waals surface area contributed by atoms with Crippen molar-refractivity contribution in [2.24, 2.45) is 5.92 Å². The van der Waals surface area contributed by atoms with Crippen LogP contribution in [0.3, 0.4) is 0 Å². The molecule has 2 aromatic carbocycles. The first-order valence-electron chi connectivity index (χ1n) is 10.8. The molecule has 36 heavy (non-hydrogen) atoms. The molecule has 3 aromatic rings. The smallest absolute Gasteiger partial charge is 0.269 e. The number of amides is 1. The van der Waals surface area contributed by atoms with Gasteiger partial charge in [0.2, 0.25) is 11.9 Å². The van der Waals surface area contributed by atoms with Gasteiger partial charge in [0, 0.05) is 30.2 Å². The van der Waals surface area contributed by atoms with Crippen molar-refractivity contribution in [3.63, 3.8) is 0 Å². The number of nitro benzene ring substituents is 1. The maximum Gasteiger partial charge on any atom is 0.269 e. The molecule has 12 nitrogen and oxygen atoms in total. The number of non-ortho nitro benzene ring substituents is 1. The van der Waals surface area contributed by atoms with Crippen molar-refractivity contribution in [1.29, 1.82) is 5.26 Å². The maximum atomic E-state index is 14.8. The zero-order valence-electron chi connectivity index (χ0n) is 18.4. The fraction of sp³-hybridized carbons (Fsp3) is 0.217. The molecule has 182 valence electrons. The van der Waals surface area contributed by atoms with Crippen molar-refractivity contribution >= 4 is 23.4 Å². The largest absolute Gasteiger partial charge is 0.486 e. The van der Waals surface area contributed by atoms with Crippen LogP contribution in [0.5, 0.6) is 11.5 Å². The molecule has 2 atom stereocenters. The SMILES string of the molecule is N#CC1C(=O)Nc2nc(NCc3ccc4c(c3)OCCO4)[nH]c(=O)c2C1c1cc([N+](=O)[O-])ccc1F. The lowest BCUT2D eigenvalue weighted by Crippen LogP contribution is -2.38. The number of aromatic nitrogens is 2. The topological polar surface area (TPSA) is 172 Å². The predicted octanol–water partition coefficient (Wildman–Crippen LogP) is 2.42. The van der Waals surface area contributed by atoms with Gasteiger partial charge < -0.3 is 20.1 Å². The second-order valence-electron chi connectivity index (χ2n) is 8.04. The maximum absolute atomic E-state index is 14.8. The molecule has 2 unspecified atom stereocenters. The van der Waals surface area contributed by atoms with Crippen molar-refractivity contribution in [2.75, 3.05) is 23.8 Å². The lowest BCUT2D eigenvalue weighted by molar-refractivity contribution is -0.385. The standard InChI is InChI=1S/C23H17FN6O6/c24-15-3-2-12(30(33)34)8-13(15)18-14(9-25)21(31)27-20-19(18)22(32)29-23(28-20)26-10-11-1-4-16-17(7-11)36-6-5-35-16/h1-4,7-8,14,18H,5-6,10H2,(H3,26,27,28,29,31,32). The lowest BCUT2D eigenvalue weighted by Gasteiger charge is -2.28. The molecule has 0 aliphatic carbocycles. The highest BCUT2D eigenvalue weighted by molar-refractivity contribution is 5.98. The van der Waals surface area contributed by atoms with E-state index in [-0.39, 0.29) is 29.4 Å². The number of nitriles is 1. The number of hydrogen-bond donors (Lipinski definition) is 3. The van der Waals surface area contributed by atoms with Gasteiger partial charge in [-0.05, 0) is 23.8 Å². The van der Waals surface area contributed by atoms with Crippen molar-refractivity contribution in [1.82, 2.24) is 9.97 Å². The fourth-order valence-corrected chi connectivity index (χ4v) is 4.20. The summed E-state index contributed by atoms with van der Waals surface area (Å²) in [7, 11) is 0. The van der Waals surface area contributed by atoms with Crippen LogP contribution in [0.2, 0.25) is 0 Å². The first-order valence-corrected chi connectivity index (χ1v) is 10.8. The summed E-state index contributed by atoms with van der Waals surface area (Å²) in [6.45, 7) is 1.12. The molecule has 0 radical (unpaired) electrons. The summed E-state index contributed by atoms with van der Waals surface area (Å²) < 4.78 is 25.8. The predicted molar refractivity (Wildman–Crippen MR) is 122 cm³/mol. The average Bonchev–Trinajstić information content (AvgIpc) is 2.86. The van der Waals surface area contributed by atoms with Gasteiger partial charge in [0.15, 0.2) is 11.5 Å². The molecule has 0 spiro atoms. The van der Waals surface area contributed by atoms with Gasteiger partial charge in [-0.3, -0.25) is 24.7 Å². The Morgan fingerprint density at radius 1 is 1.19 bits per heavy atom.